The molecule has 5 nitrogen and oxygen atoms in total. The summed E-state index contributed by atoms with van der Waals surface area (Å²) in [6.45, 7) is 0.454. The van der Waals surface area contributed by atoms with Crippen molar-refractivity contribution in [2.75, 3.05) is 7.11 Å². The van der Waals surface area contributed by atoms with Crippen LogP contribution < -0.4 is 63.7 Å². The number of carbonyl (C=O) groups is 1. The maximum absolute atomic E-state index is 11.2. The van der Waals surface area contributed by atoms with Gasteiger partial charge in [-0.1, -0.05) is 388 Å². The van der Waals surface area contributed by atoms with Crippen molar-refractivity contribution in [2.24, 2.45) is 0 Å². The zero-order chi connectivity index (χ0) is 68.1. The monoisotopic (exact) mass is 1480 g/mol. The number of nitrogens with zero attached hydrogens (tertiary/aromatic N) is 2. The van der Waals surface area contributed by atoms with Gasteiger partial charge in [-0.15, -0.1) is 0 Å². The number of hydrogen-bond donors (Lipinski definition) is 1. The van der Waals surface area contributed by atoms with Crippen molar-refractivity contribution in [3.05, 3.63) is 423 Å². The van der Waals surface area contributed by atoms with Crippen molar-refractivity contribution < 1.29 is 35.1 Å². The standard InChI is InChI=1S/4C18H15P.C17H13ClN2O3.Pd/c4*1-4-10-16(11-5-1)19(17-12-6-2-7-13-17)18-14-8-3-9-15-18;1-23-9-12-4-2-11(7-19-12)10-3-5-15-13(6-10)16(18)14(8-20-15)17(21)22;/h4*1-15H;2-8H,9H2,1H3,(H,21,22);. The Morgan fingerprint density at radius 1 is 0.320 bits per heavy atom. The molecule has 0 amide bonds. The van der Waals surface area contributed by atoms with Crippen molar-refractivity contribution in [3.63, 3.8) is 0 Å². The normalized spacial score (nSPS) is 10.5. The van der Waals surface area contributed by atoms with E-state index in [9.17, 15) is 4.79 Å². The van der Waals surface area contributed by atoms with Gasteiger partial charge >= 0.3 is 5.97 Å². The van der Waals surface area contributed by atoms with E-state index in [1.807, 2.05) is 30.3 Å². The van der Waals surface area contributed by atoms with E-state index < -0.39 is 37.7 Å². The zero-order valence-corrected chi connectivity index (χ0v) is 60.9. The van der Waals surface area contributed by atoms with Crippen LogP contribution in [0.3, 0.4) is 0 Å². The van der Waals surface area contributed by atoms with Gasteiger partial charge in [-0.05, 0) is 119 Å². The first-order chi connectivity index (χ1) is 48.9. The number of carboxylic acids is 1. The first-order valence-corrected chi connectivity index (χ1v) is 38.2. The van der Waals surface area contributed by atoms with Gasteiger partial charge in [0, 0.05) is 50.9 Å². The van der Waals surface area contributed by atoms with E-state index in [1.54, 1.807) is 13.3 Å². The smallest absolute Gasteiger partial charge is 0.338 e. The summed E-state index contributed by atoms with van der Waals surface area (Å²) in [7, 11) is -0.165. The molecule has 494 valence electrons. The number of halogens is 1. The van der Waals surface area contributed by atoms with Crippen LogP contribution in [-0.2, 0) is 31.8 Å². The topological polar surface area (TPSA) is 72.3 Å². The Hall–Kier alpha value is -9.48. The molecule has 13 aromatic carbocycles. The Balaban J connectivity index is 0.000000135. The average molecular weight is 1480 g/mol. The fraction of sp³-hybridized carbons (Fsp3) is 0.0225. The summed E-state index contributed by atoms with van der Waals surface area (Å²) in [5, 5.41) is 26.7. The number of methoxy groups -OCH3 is 1. The van der Waals surface area contributed by atoms with Crippen LogP contribution in [0.15, 0.2) is 407 Å². The van der Waals surface area contributed by atoms with Gasteiger partial charge in [-0.25, -0.2) is 4.79 Å². The molecule has 0 aliphatic rings. The molecule has 0 radical (unpaired) electrons. The molecule has 0 atom stereocenters. The largest absolute Gasteiger partial charge is 0.478 e. The van der Waals surface area contributed by atoms with Crippen LogP contribution in [0.2, 0.25) is 5.02 Å². The van der Waals surface area contributed by atoms with E-state index in [-0.39, 0.29) is 31.0 Å². The van der Waals surface area contributed by atoms with Crippen molar-refractivity contribution in [1.29, 1.82) is 0 Å². The molecule has 1 N–H and O–H groups in total. The molecular weight excluding hydrogens is 1410 g/mol. The third kappa shape index (κ3) is 20.6. The number of rotatable bonds is 16. The Morgan fingerprint density at radius 3 is 0.750 bits per heavy atom. The minimum Gasteiger partial charge on any atom is -0.478 e. The van der Waals surface area contributed by atoms with Gasteiger partial charge < -0.3 is 9.84 Å². The number of hydrogen-bond acceptors (Lipinski definition) is 4. The minimum absolute atomic E-state index is 0. The van der Waals surface area contributed by atoms with E-state index in [1.165, 1.54) is 69.9 Å². The first kappa shape index (κ1) is 73.2. The quantitative estimate of drug-likeness (QED) is 0.0771. The molecule has 0 unspecified atom stereocenters. The van der Waals surface area contributed by atoms with Crippen LogP contribution in [0.4, 0.5) is 0 Å². The van der Waals surface area contributed by atoms with Crippen LogP contribution in [0.1, 0.15) is 16.1 Å². The Kier molecular flexibility index (Phi) is 28.8. The molecule has 0 bridgehead atoms. The molecule has 0 saturated carbocycles. The third-order valence-electron chi connectivity index (χ3n) is 15.7. The second kappa shape index (κ2) is 39.3. The number of pyridine rings is 2. The van der Waals surface area contributed by atoms with Crippen LogP contribution >= 0.6 is 43.3 Å². The predicted octanol–water partition coefficient (Wildman–Crippen LogP) is 17.6. The van der Waals surface area contributed by atoms with Gasteiger partial charge in [-0.3, -0.25) is 9.97 Å². The first-order valence-electron chi connectivity index (χ1n) is 32.5. The van der Waals surface area contributed by atoms with Crippen molar-refractivity contribution in [2.45, 2.75) is 6.61 Å². The zero-order valence-electron chi connectivity index (χ0n) is 55.0. The van der Waals surface area contributed by atoms with Gasteiger partial charge in [-0.2, -0.15) is 0 Å². The molecule has 0 aliphatic heterocycles. The number of carboxylic acid groups (broad SMARTS) is 1. The second-order valence-corrected chi connectivity index (χ2v) is 31.6. The molecule has 2 aromatic heterocycles. The van der Waals surface area contributed by atoms with Gasteiger partial charge in [0.05, 0.1) is 28.4 Å². The number of ether oxygens (including phenoxy) is 1. The van der Waals surface area contributed by atoms with E-state index >= 15 is 0 Å². The Labute approximate surface area is 612 Å². The average Bonchev–Trinajstić information content (AvgIpc) is 0.818. The summed E-state index contributed by atoms with van der Waals surface area (Å²) < 4.78 is 5.04. The van der Waals surface area contributed by atoms with Crippen LogP contribution in [-0.4, -0.2) is 28.2 Å². The number of aromatic nitrogens is 2. The van der Waals surface area contributed by atoms with Gasteiger partial charge in [0.15, 0.2) is 0 Å². The Bertz CT molecular complexity index is 3960. The van der Waals surface area contributed by atoms with E-state index in [2.05, 4.69) is 374 Å². The molecule has 0 spiro atoms. The Morgan fingerprint density at radius 2 is 0.550 bits per heavy atom. The molecule has 15 rings (SSSR count). The predicted molar refractivity (Wildman–Crippen MR) is 428 cm³/mol. The minimum atomic E-state index is -1.10. The van der Waals surface area contributed by atoms with E-state index in [4.69, 9.17) is 21.4 Å². The van der Waals surface area contributed by atoms with E-state index in [0.717, 1.165) is 16.8 Å². The number of aromatic carboxylic acids is 1. The summed E-state index contributed by atoms with van der Waals surface area (Å²) in [5.41, 5.74) is 3.27. The summed E-state index contributed by atoms with van der Waals surface area (Å²) in [4.78, 5) is 19.6. The molecule has 100 heavy (non-hydrogen) atoms. The van der Waals surface area contributed by atoms with Crippen molar-refractivity contribution in [1.82, 2.24) is 9.97 Å². The fourth-order valence-electron chi connectivity index (χ4n) is 11.0. The number of fused-ring (bicyclic) bond motifs is 1. The maximum Gasteiger partial charge on any atom is 0.338 e. The molecule has 2 heterocycles. The summed E-state index contributed by atoms with van der Waals surface area (Å²) in [5.74, 6) is -1.10. The molecule has 0 saturated heterocycles. The number of benzene rings is 13. The summed E-state index contributed by atoms with van der Waals surface area (Å²) in [6.07, 6.45) is 3.02. The van der Waals surface area contributed by atoms with E-state index in [0.29, 0.717) is 17.5 Å². The fourth-order valence-corrected chi connectivity index (χ4v) is 20.5. The van der Waals surface area contributed by atoms with Gasteiger partial charge in [0.2, 0.25) is 0 Å². The molecule has 0 fully saturated rings. The molecule has 11 heteroatoms. The van der Waals surface area contributed by atoms with Crippen LogP contribution in [0, 0.1) is 0 Å². The molecule has 15 aromatic rings. The summed E-state index contributed by atoms with van der Waals surface area (Å²) in [6, 6.07) is 139. The maximum atomic E-state index is 11.2. The summed E-state index contributed by atoms with van der Waals surface area (Å²) >= 11 is 6.21. The van der Waals surface area contributed by atoms with Gasteiger partial charge in [0.1, 0.15) is 0 Å². The second-order valence-electron chi connectivity index (χ2n) is 22.4. The van der Waals surface area contributed by atoms with Gasteiger partial charge in [0.25, 0.3) is 0 Å². The van der Waals surface area contributed by atoms with Crippen LogP contribution in [0.5, 0.6) is 0 Å². The molecule has 0 aliphatic carbocycles. The SMILES string of the molecule is COCc1ccc(-c2ccc3ncc(C(=O)O)c(Cl)c3c2)cn1.[Pd].c1ccc(P(c2ccccc2)c2ccccc2)cc1.c1ccc(P(c2ccccc2)c2ccccc2)cc1.c1ccc(P(c2ccccc2)c2ccccc2)cc1.c1ccc(P(c2ccccc2)c2ccccc2)cc1. The molecular formula is C89H73ClN2O3P4Pd. The van der Waals surface area contributed by atoms with Crippen molar-refractivity contribution >= 4 is 124 Å². The van der Waals surface area contributed by atoms with Crippen molar-refractivity contribution in [3.8, 4) is 11.1 Å². The third-order valence-corrected chi connectivity index (χ3v) is 25.8. The van der Waals surface area contributed by atoms with Crippen LogP contribution in [0.25, 0.3) is 22.0 Å².